The van der Waals surface area contributed by atoms with Crippen LogP contribution < -0.4 is 20.4 Å². The molecule has 0 N–H and O–H groups in total. The van der Waals surface area contributed by atoms with Crippen molar-refractivity contribution in [1.82, 2.24) is 0 Å². The Morgan fingerprint density at radius 1 is 0.615 bits per heavy atom. The molecule has 0 rings (SSSR count). The summed E-state index contributed by atoms with van der Waals surface area (Å²) >= 11 is 0. The van der Waals surface area contributed by atoms with E-state index in [-0.39, 0.29) is 21.7 Å². The molecular formula is C18H43NO6Ti. The van der Waals surface area contributed by atoms with Crippen LogP contribution in [0.15, 0.2) is 0 Å². The van der Waals surface area contributed by atoms with Crippen molar-refractivity contribution in [3.8, 4) is 0 Å². The minimum Gasteiger partial charge on any atom is -0.852 e. The molecule has 7 nitrogen and oxygen atoms in total. The summed E-state index contributed by atoms with van der Waals surface area (Å²) in [5.74, 6) is 0. The van der Waals surface area contributed by atoms with Gasteiger partial charge in [0.05, 0.1) is 0 Å². The zero-order chi connectivity index (χ0) is 21.6. The Labute approximate surface area is 177 Å². The molecule has 0 aromatic heterocycles. The average Bonchev–Trinajstić information content (AvgIpc) is 2.36. The van der Waals surface area contributed by atoms with Gasteiger partial charge in [-0.3, -0.25) is 0 Å². The van der Waals surface area contributed by atoms with E-state index in [4.69, 9.17) is 4.84 Å². The number of quaternary nitrogens is 1. The van der Waals surface area contributed by atoms with Gasteiger partial charge in [-0.25, -0.2) is 9.65 Å². The summed E-state index contributed by atoms with van der Waals surface area (Å²) in [6, 6.07) is 0. The Morgan fingerprint density at radius 3 is 0.808 bits per heavy atom. The largest absolute Gasteiger partial charge is 4.00 e. The molecule has 0 unspecified atom stereocenters. The molecule has 26 heavy (non-hydrogen) atoms. The predicted octanol–water partition coefficient (Wildman–Crippen LogP) is 0.310. The Morgan fingerprint density at radius 2 is 0.769 bits per heavy atom. The van der Waals surface area contributed by atoms with Crippen LogP contribution in [0.2, 0.25) is 0 Å². The van der Waals surface area contributed by atoms with Crippen LogP contribution in [0.5, 0.6) is 0 Å². The van der Waals surface area contributed by atoms with Crippen LogP contribution in [-0.2, 0) is 26.6 Å². The summed E-state index contributed by atoms with van der Waals surface area (Å²) in [7, 11) is 0. The molecule has 0 aliphatic rings. The monoisotopic (exact) mass is 417 g/mol. The molecule has 160 valence electrons. The summed E-state index contributed by atoms with van der Waals surface area (Å²) in [6.07, 6.45) is -1.67. The van der Waals surface area contributed by atoms with Crippen molar-refractivity contribution in [3.63, 3.8) is 0 Å². The molecule has 8 heteroatoms. The smallest absolute Gasteiger partial charge is 0.852 e. The van der Waals surface area contributed by atoms with Crippen molar-refractivity contribution in [1.29, 1.82) is 0 Å². The van der Waals surface area contributed by atoms with Crippen molar-refractivity contribution in [2.24, 2.45) is 0 Å². The van der Waals surface area contributed by atoms with E-state index in [1.165, 1.54) is 0 Å². The zero-order valence-electron chi connectivity index (χ0n) is 18.8. The molecule has 0 aliphatic heterocycles. The van der Waals surface area contributed by atoms with E-state index >= 15 is 0 Å². The first-order chi connectivity index (χ1) is 11.1. The molecule has 0 radical (unpaired) electrons. The summed E-state index contributed by atoms with van der Waals surface area (Å²) in [5.41, 5.74) is 0. The van der Waals surface area contributed by atoms with Crippen LogP contribution >= 0.6 is 0 Å². The summed E-state index contributed by atoms with van der Waals surface area (Å²) in [5, 5.41) is 49.3. The van der Waals surface area contributed by atoms with E-state index in [0.717, 1.165) is 0 Å². The Kier molecular flexibility index (Phi) is 47.5. The predicted molar refractivity (Wildman–Crippen MR) is 96.9 cm³/mol. The third kappa shape index (κ3) is 123. The number of hydrogen-bond donors (Lipinski definition) is 0. The number of rotatable bonds is 4. The fourth-order valence-electron chi connectivity index (χ4n) is 0.641. The fourth-order valence-corrected chi connectivity index (χ4v) is 0.641. The van der Waals surface area contributed by atoms with Crippen molar-refractivity contribution < 1.29 is 51.8 Å². The molecule has 0 aliphatic carbocycles. The molecule has 0 heterocycles. The van der Waals surface area contributed by atoms with Crippen LogP contribution in [0.25, 0.3) is 0 Å². The van der Waals surface area contributed by atoms with Gasteiger partial charge in [-0.1, -0.05) is 55.4 Å². The molecule has 0 saturated carbocycles. The van der Waals surface area contributed by atoms with Crippen LogP contribution in [0, 0.1) is 5.21 Å². The molecule has 0 saturated heterocycles. The van der Waals surface area contributed by atoms with Gasteiger partial charge >= 0.3 is 21.7 Å². The second kappa shape index (κ2) is 30.2. The number of hydroxylamine groups is 4. The van der Waals surface area contributed by atoms with Crippen LogP contribution in [0.1, 0.15) is 76.2 Å². The van der Waals surface area contributed by atoms with E-state index in [1.807, 2.05) is 20.8 Å². The minimum absolute atomic E-state index is 0. The van der Waals surface area contributed by atoms with Gasteiger partial charge in [-0.05, 0) is 20.8 Å². The summed E-state index contributed by atoms with van der Waals surface area (Å²) in [6.45, 7) is 19.8. The summed E-state index contributed by atoms with van der Waals surface area (Å²) in [4.78, 5) is 4.39. The Hall–Kier alpha value is 0.434. The van der Waals surface area contributed by atoms with Gasteiger partial charge in [0, 0.05) is 0 Å². The number of nitrogens with zero attached hydrogens (tertiary/aromatic N) is 1. The minimum atomic E-state index is -0.517. The van der Waals surface area contributed by atoms with Gasteiger partial charge < -0.3 is 25.6 Å². The molecule has 0 fully saturated rings. The maximum Gasteiger partial charge on any atom is 4.00 e. The van der Waals surface area contributed by atoms with E-state index in [1.54, 1.807) is 55.4 Å². The SMILES string of the molecule is CC(C)[O-].CC(C)[O-].CC(C)[O-].CC(C)[O-].CCO[N+]([O-])(CC)CC.[Ti+4]. The van der Waals surface area contributed by atoms with Crippen LogP contribution in [-0.4, -0.2) is 48.9 Å². The first-order valence-electron chi connectivity index (χ1n) is 8.97. The van der Waals surface area contributed by atoms with Crippen molar-refractivity contribution in [2.45, 2.75) is 101 Å². The standard InChI is InChI=1S/C6H15NO2.4C3H7O.Ti/c1-4-7(8,5-2)9-6-3;4*1-3(2)4;/h4-6H2,1-3H3;4*3H,1-2H3;/q;4*-1;+4. The maximum absolute atomic E-state index is 11.2. The second-order valence-corrected chi connectivity index (χ2v) is 6.06. The normalized spacial score (nSPS) is 9.69. The molecular weight excluding hydrogens is 374 g/mol. The molecule has 0 spiro atoms. The van der Waals surface area contributed by atoms with Gasteiger partial charge in [-0.2, -0.15) is 0 Å². The van der Waals surface area contributed by atoms with E-state index in [9.17, 15) is 25.6 Å². The van der Waals surface area contributed by atoms with Gasteiger partial charge in [0.25, 0.3) is 0 Å². The van der Waals surface area contributed by atoms with Gasteiger partial charge in [0.15, 0.2) is 0 Å². The topological polar surface area (TPSA) is 125 Å². The summed E-state index contributed by atoms with van der Waals surface area (Å²) < 4.78 is 0. The van der Waals surface area contributed by atoms with Crippen LogP contribution in [0.4, 0.5) is 0 Å². The third-order valence-corrected chi connectivity index (χ3v) is 1.33. The zero-order valence-corrected chi connectivity index (χ0v) is 20.4. The number of hydrogen-bond acceptors (Lipinski definition) is 6. The molecule has 0 aromatic rings. The van der Waals surface area contributed by atoms with Crippen molar-refractivity contribution in [2.75, 3.05) is 19.7 Å². The van der Waals surface area contributed by atoms with Crippen LogP contribution in [0.3, 0.4) is 0 Å². The van der Waals surface area contributed by atoms with Crippen molar-refractivity contribution in [3.05, 3.63) is 5.21 Å². The first-order valence-corrected chi connectivity index (χ1v) is 8.97. The van der Waals surface area contributed by atoms with Gasteiger partial charge in [0.2, 0.25) is 0 Å². The molecule has 0 amide bonds. The third-order valence-electron chi connectivity index (χ3n) is 1.33. The Bertz CT molecular complexity index is 179. The molecule has 0 bridgehead atoms. The maximum atomic E-state index is 11.2. The molecule has 0 aromatic carbocycles. The van der Waals surface area contributed by atoms with Gasteiger partial charge in [0.1, 0.15) is 19.7 Å². The first kappa shape index (κ1) is 41.0. The van der Waals surface area contributed by atoms with Crippen molar-refractivity contribution >= 4 is 0 Å². The Balaban J connectivity index is -0.0000000508. The fraction of sp³-hybridized carbons (Fsp3) is 1.00. The van der Waals surface area contributed by atoms with E-state index < -0.39 is 29.2 Å². The van der Waals surface area contributed by atoms with E-state index in [2.05, 4.69) is 0 Å². The average molecular weight is 417 g/mol. The quantitative estimate of drug-likeness (QED) is 0.368. The van der Waals surface area contributed by atoms with E-state index in [0.29, 0.717) is 19.7 Å². The second-order valence-electron chi connectivity index (χ2n) is 6.06. The molecule has 0 atom stereocenters. The van der Waals surface area contributed by atoms with Gasteiger partial charge in [-0.15, -0.1) is 24.4 Å².